The maximum absolute atomic E-state index is 13.3. The molecule has 0 aliphatic carbocycles. The van der Waals surface area contributed by atoms with Crippen molar-refractivity contribution in [3.05, 3.63) is 97.4 Å². The van der Waals surface area contributed by atoms with Crippen molar-refractivity contribution in [2.24, 2.45) is 0 Å². The van der Waals surface area contributed by atoms with E-state index in [-0.39, 0.29) is 5.56 Å². The average molecular weight is 444 g/mol. The highest BCUT2D eigenvalue weighted by Crippen LogP contribution is 2.46. The van der Waals surface area contributed by atoms with Crippen molar-refractivity contribution in [2.45, 2.75) is 32.1 Å². The molecule has 160 valence electrons. The first-order chi connectivity index (χ1) is 15.5. The van der Waals surface area contributed by atoms with Crippen LogP contribution in [0.3, 0.4) is 0 Å². The zero-order chi connectivity index (χ0) is 22.0. The summed E-state index contributed by atoms with van der Waals surface area (Å²) in [6, 6.07) is 15.6. The molecule has 0 saturated heterocycles. The van der Waals surface area contributed by atoms with E-state index in [1.165, 1.54) is 5.56 Å². The highest BCUT2D eigenvalue weighted by Gasteiger charge is 2.37. The average Bonchev–Trinajstić information content (AvgIpc) is 3.26. The van der Waals surface area contributed by atoms with Crippen LogP contribution in [0.15, 0.2) is 62.5 Å². The Bertz CT molecular complexity index is 1500. The monoisotopic (exact) mass is 443 g/mol. The summed E-state index contributed by atoms with van der Waals surface area (Å²) in [5, 5.41) is 4.25. The fourth-order valence-corrected chi connectivity index (χ4v) is 5.71. The predicted molar refractivity (Wildman–Crippen MR) is 127 cm³/mol. The molecule has 1 atom stereocenters. The molecule has 7 heteroatoms. The van der Waals surface area contributed by atoms with E-state index in [4.69, 9.17) is 4.42 Å². The molecule has 0 fully saturated rings. The zero-order valence-electron chi connectivity index (χ0n) is 17.7. The molecule has 0 radical (unpaired) electrons. The van der Waals surface area contributed by atoms with Gasteiger partial charge in [-0.15, -0.1) is 0 Å². The number of benzene rings is 2. The molecule has 0 saturated carbocycles. The zero-order valence-corrected chi connectivity index (χ0v) is 18.5. The molecule has 1 unspecified atom stereocenters. The van der Waals surface area contributed by atoms with Crippen LogP contribution in [-0.4, -0.2) is 14.7 Å². The lowest BCUT2D eigenvalue weighted by molar-refractivity contribution is 0.548. The molecule has 32 heavy (non-hydrogen) atoms. The molecule has 2 aromatic heterocycles. The second-order valence-electron chi connectivity index (χ2n) is 8.53. The van der Waals surface area contributed by atoms with E-state index >= 15 is 0 Å². The number of fused-ring (bicyclic) bond motifs is 6. The van der Waals surface area contributed by atoms with Crippen molar-refractivity contribution in [1.82, 2.24) is 8.96 Å². The fraction of sp³-hybridized carbons (Fsp3) is 0.240. The molecule has 2 aliphatic heterocycles. The number of nitrogens with zero attached hydrogens (tertiary/aromatic N) is 2. The van der Waals surface area contributed by atoms with Gasteiger partial charge in [0.1, 0.15) is 17.2 Å². The molecule has 1 N–H and O–H groups in total. The van der Waals surface area contributed by atoms with Crippen molar-refractivity contribution in [3.8, 4) is 0 Å². The Hall–Kier alpha value is -3.32. The Morgan fingerprint density at radius 3 is 2.66 bits per heavy atom. The Morgan fingerprint density at radius 2 is 1.88 bits per heavy atom. The number of aryl methyl sites for hydroxylation is 1. The highest BCUT2D eigenvalue weighted by atomic mass is 32.2. The highest BCUT2D eigenvalue weighted by molar-refractivity contribution is 7.98. The van der Waals surface area contributed by atoms with Gasteiger partial charge in [0.05, 0.1) is 22.7 Å². The standard InChI is InChI=1S/C25H21N3O3S/c1-13(2)14-7-9-15(10-8-14)19-20-22(16-5-3-4-6-17(16)31-25(20)30)27-23-21(19)24(29)26-18-11-12-32-28(18)23/h3-10,13,19,27H,11-12H2,1-2H3. The van der Waals surface area contributed by atoms with E-state index in [0.29, 0.717) is 34.1 Å². The number of aromatic nitrogens is 2. The molecular formula is C25H21N3O3S. The number of hydrogen-bond acceptors (Lipinski definition) is 6. The van der Waals surface area contributed by atoms with E-state index in [1.54, 1.807) is 18.0 Å². The van der Waals surface area contributed by atoms with Crippen LogP contribution in [0.4, 0.5) is 11.5 Å². The van der Waals surface area contributed by atoms with Gasteiger partial charge in [0.15, 0.2) is 0 Å². The van der Waals surface area contributed by atoms with Crippen molar-refractivity contribution < 1.29 is 4.42 Å². The number of hydrogen-bond donors (Lipinski definition) is 1. The SMILES string of the molecule is CC(C)c1ccc(C2c3c(n4c(nc3=O)CCS4)Nc3c2c(=O)oc2ccccc32)cc1. The summed E-state index contributed by atoms with van der Waals surface area (Å²) in [6.45, 7) is 4.28. The largest absolute Gasteiger partial charge is 0.422 e. The second-order valence-corrected chi connectivity index (χ2v) is 9.56. The Morgan fingerprint density at radius 1 is 1.09 bits per heavy atom. The van der Waals surface area contributed by atoms with Crippen LogP contribution >= 0.6 is 11.9 Å². The normalized spacial score (nSPS) is 16.5. The van der Waals surface area contributed by atoms with Crippen LogP contribution in [0, 0.1) is 0 Å². The first-order valence-corrected chi connectivity index (χ1v) is 11.7. The number of anilines is 2. The van der Waals surface area contributed by atoms with Gasteiger partial charge in [0.2, 0.25) is 0 Å². The van der Waals surface area contributed by atoms with Gasteiger partial charge in [0.25, 0.3) is 5.56 Å². The first kappa shape index (κ1) is 19.4. The number of nitrogens with one attached hydrogen (secondary N) is 1. The molecular weight excluding hydrogens is 422 g/mol. The van der Waals surface area contributed by atoms with Crippen molar-refractivity contribution in [3.63, 3.8) is 0 Å². The summed E-state index contributed by atoms with van der Waals surface area (Å²) in [7, 11) is 0. The van der Waals surface area contributed by atoms with Gasteiger partial charge in [-0.2, -0.15) is 4.98 Å². The van der Waals surface area contributed by atoms with Crippen molar-refractivity contribution >= 4 is 34.4 Å². The fourth-order valence-electron chi connectivity index (χ4n) is 4.70. The summed E-state index contributed by atoms with van der Waals surface area (Å²) in [5.74, 6) is 2.17. The van der Waals surface area contributed by atoms with Gasteiger partial charge < -0.3 is 9.73 Å². The predicted octanol–water partition coefficient (Wildman–Crippen LogP) is 4.76. The lowest BCUT2D eigenvalue weighted by atomic mass is 9.82. The smallest absolute Gasteiger partial charge is 0.342 e. The number of para-hydroxylation sites is 1. The maximum atomic E-state index is 13.3. The summed E-state index contributed by atoms with van der Waals surface area (Å²) in [6.07, 6.45) is 0.743. The van der Waals surface area contributed by atoms with E-state index in [9.17, 15) is 9.59 Å². The molecule has 0 bridgehead atoms. The van der Waals surface area contributed by atoms with Gasteiger partial charge in [-0.25, -0.2) is 4.79 Å². The molecule has 6 rings (SSSR count). The maximum Gasteiger partial charge on any atom is 0.342 e. The summed E-state index contributed by atoms with van der Waals surface area (Å²) in [4.78, 5) is 30.9. The second kappa shape index (κ2) is 7.10. The van der Waals surface area contributed by atoms with Crippen molar-refractivity contribution in [2.75, 3.05) is 11.1 Å². The quantitative estimate of drug-likeness (QED) is 0.396. The minimum Gasteiger partial charge on any atom is -0.422 e. The Balaban J connectivity index is 1.70. The summed E-state index contributed by atoms with van der Waals surface area (Å²) < 4.78 is 7.70. The molecule has 6 nitrogen and oxygen atoms in total. The van der Waals surface area contributed by atoms with Crippen LogP contribution < -0.4 is 16.5 Å². The third-order valence-corrected chi connectivity index (χ3v) is 7.34. The van der Waals surface area contributed by atoms with Gasteiger partial charge >= 0.3 is 5.63 Å². The summed E-state index contributed by atoms with van der Waals surface area (Å²) in [5.41, 5.74) is 3.52. The Kier molecular flexibility index (Phi) is 4.30. The van der Waals surface area contributed by atoms with Crippen LogP contribution in [-0.2, 0) is 6.42 Å². The molecule has 0 amide bonds. The lowest BCUT2D eigenvalue weighted by Crippen LogP contribution is -2.31. The van der Waals surface area contributed by atoms with Gasteiger partial charge in [-0.05, 0) is 41.1 Å². The summed E-state index contributed by atoms with van der Waals surface area (Å²) >= 11 is 1.63. The minimum atomic E-state index is -0.553. The number of rotatable bonds is 2. The third-order valence-electron chi connectivity index (χ3n) is 6.31. The van der Waals surface area contributed by atoms with Gasteiger partial charge in [-0.3, -0.25) is 8.77 Å². The molecule has 2 aliphatic rings. The molecule has 2 aromatic carbocycles. The van der Waals surface area contributed by atoms with Crippen LogP contribution in [0.1, 0.15) is 53.8 Å². The van der Waals surface area contributed by atoms with Crippen molar-refractivity contribution in [1.29, 1.82) is 0 Å². The third kappa shape index (κ3) is 2.77. The van der Waals surface area contributed by atoms with E-state index in [0.717, 1.165) is 28.9 Å². The van der Waals surface area contributed by atoms with E-state index < -0.39 is 11.5 Å². The lowest BCUT2D eigenvalue weighted by Gasteiger charge is -2.30. The molecule has 4 aromatic rings. The van der Waals surface area contributed by atoms with Gasteiger partial charge in [0, 0.05) is 17.6 Å². The van der Waals surface area contributed by atoms with E-state index in [1.807, 2.05) is 34.3 Å². The molecule has 4 heterocycles. The van der Waals surface area contributed by atoms with Crippen LogP contribution in [0.5, 0.6) is 0 Å². The topological polar surface area (TPSA) is 77.1 Å². The van der Waals surface area contributed by atoms with Crippen LogP contribution in [0.2, 0.25) is 0 Å². The minimum absolute atomic E-state index is 0.294. The first-order valence-electron chi connectivity index (χ1n) is 10.7. The Labute approximate surface area is 188 Å². The van der Waals surface area contributed by atoms with Gasteiger partial charge in [-0.1, -0.05) is 50.2 Å². The molecule has 0 spiro atoms. The van der Waals surface area contributed by atoms with E-state index in [2.05, 4.69) is 36.3 Å². The van der Waals surface area contributed by atoms with Crippen LogP contribution in [0.25, 0.3) is 11.0 Å².